The molecule has 0 radical (unpaired) electrons. The Balaban J connectivity index is 1.20. The van der Waals surface area contributed by atoms with Crippen molar-refractivity contribution in [1.82, 2.24) is 0 Å². The largest absolute Gasteiger partial charge is 0.507 e. The Labute approximate surface area is 274 Å². The highest BCUT2D eigenvalue weighted by Gasteiger charge is 2.55. The van der Waals surface area contributed by atoms with Gasteiger partial charge in [0.05, 0.1) is 36.8 Å². The number of anilines is 3. The van der Waals surface area contributed by atoms with Gasteiger partial charge in [-0.05, 0) is 90.2 Å². The van der Waals surface area contributed by atoms with E-state index in [0.29, 0.717) is 29.7 Å². The molecule has 8 heteroatoms. The molecule has 0 aromatic heterocycles. The van der Waals surface area contributed by atoms with Crippen LogP contribution >= 0.6 is 0 Å². The molecule has 242 valence electrons. The smallest absolute Gasteiger partial charge is 0.238 e. The van der Waals surface area contributed by atoms with Crippen LogP contribution in [0.15, 0.2) is 108 Å². The number of fused-ring (bicyclic) bond motifs is 2. The second-order valence-corrected chi connectivity index (χ2v) is 12.3. The number of aliphatic hydroxyl groups is 3. The van der Waals surface area contributed by atoms with Crippen molar-refractivity contribution in [2.75, 3.05) is 23.4 Å². The van der Waals surface area contributed by atoms with Crippen LogP contribution < -0.4 is 10.2 Å². The first-order valence-electron chi connectivity index (χ1n) is 16.2. The molecule has 4 atom stereocenters. The number of amides is 2. The van der Waals surface area contributed by atoms with Crippen LogP contribution in [0.25, 0.3) is 16.8 Å². The third-order valence-electron chi connectivity index (χ3n) is 9.61. The molecule has 1 fully saturated rings. The lowest BCUT2D eigenvalue weighted by molar-refractivity contribution is -0.123. The number of hydrogen-bond donors (Lipinski definition) is 5. The summed E-state index contributed by atoms with van der Waals surface area (Å²) in [6.07, 6.45) is 2.82. The van der Waals surface area contributed by atoms with Gasteiger partial charge in [-0.3, -0.25) is 14.5 Å². The van der Waals surface area contributed by atoms with Crippen molar-refractivity contribution in [3.63, 3.8) is 0 Å². The van der Waals surface area contributed by atoms with Crippen LogP contribution in [0.4, 0.5) is 17.1 Å². The molecule has 2 amide bonds. The van der Waals surface area contributed by atoms with Gasteiger partial charge < -0.3 is 25.7 Å². The van der Waals surface area contributed by atoms with E-state index in [1.54, 1.807) is 30.3 Å². The van der Waals surface area contributed by atoms with E-state index in [1.165, 1.54) is 4.90 Å². The monoisotopic (exact) mass is 632 g/mol. The van der Waals surface area contributed by atoms with Crippen molar-refractivity contribution < 1.29 is 30.0 Å². The van der Waals surface area contributed by atoms with Gasteiger partial charge in [0.2, 0.25) is 11.8 Å². The Morgan fingerprint density at radius 3 is 2.26 bits per heavy atom. The minimum absolute atomic E-state index is 0.148. The van der Waals surface area contributed by atoms with Crippen molar-refractivity contribution in [3.05, 3.63) is 113 Å². The zero-order valence-corrected chi connectivity index (χ0v) is 26.3. The standard InChI is InChI=1S/C39H40N2O6/c1-2-24(20-25-13-19-34(44)31-11-7-6-10-30(25)31)12-18-35(45)36-26(22-42)21-32-37(33(36)23-43)39(47)41(38(32)46)29-16-14-28(15-17-29)40-27-8-4-3-5-9-27/h3-11,13-17,19-20,32-33,35,37,40,42-45H,2,12,18,21-23H2,1H3/b24-20+/t32-,33+,35-,37-/m1/s1. The number of carbonyl (C=O) groups excluding carboxylic acids is 2. The first kappa shape index (κ1) is 32.2. The molecular formula is C39H40N2O6. The Morgan fingerprint density at radius 2 is 1.57 bits per heavy atom. The number of phenols is 1. The average Bonchev–Trinajstić information content (AvgIpc) is 3.35. The van der Waals surface area contributed by atoms with Crippen molar-refractivity contribution in [3.8, 4) is 5.75 Å². The zero-order chi connectivity index (χ0) is 33.1. The van der Waals surface area contributed by atoms with E-state index < -0.39 is 36.4 Å². The Kier molecular flexibility index (Phi) is 9.54. The minimum Gasteiger partial charge on any atom is -0.507 e. The van der Waals surface area contributed by atoms with E-state index in [-0.39, 0.29) is 24.7 Å². The molecule has 0 unspecified atom stereocenters. The number of carbonyl (C=O) groups is 2. The van der Waals surface area contributed by atoms with E-state index in [2.05, 4.69) is 11.4 Å². The Morgan fingerprint density at radius 1 is 0.894 bits per heavy atom. The van der Waals surface area contributed by atoms with Crippen molar-refractivity contribution >= 4 is 45.7 Å². The second kappa shape index (κ2) is 13.9. The molecule has 47 heavy (non-hydrogen) atoms. The number of hydrogen-bond acceptors (Lipinski definition) is 7. The zero-order valence-electron chi connectivity index (χ0n) is 26.3. The van der Waals surface area contributed by atoms with Crippen LogP contribution in [0.2, 0.25) is 0 Å². The van der Waals surface area contributed by atoms with Gasteiger partial charge in [-0.2, -0.15) is 0 Å². The fourth-order valence-corrected chi connectivity index (χ4v) is 7.22. The second-order valence-electron chi connectivity index (χ2n) is 12.3. The van der Waals surface area contributed by atoms with Crippen LogP contribution in [0.5, 0.6) is 5.75 Å². The summed E-state index contributed by atoms with van der Waals surface area (Å²) in [6.45, 7) is 1.24. The van der Waals surface area contributed by atoms with Gasteiger partial charge >= 0.3 is 0 Å². The molecule has 4 aromatic rings. The summed E-state index contributed by atoms with van der Waals surface area (Å²) >= 11 is 0. The number of allylic oxidation sites excluding steroid dienone is 1. The Bertz CT molecular complexity index is 1830. The molecule has 0 bridgehead atoms. The summed E-state index contributed by atoms with van der Waals surface area (Å²) in [6, 6.07) is 27.9. The number of nitrogens with zero attached hydrogens (tertiary/aromatic N) is 1. The molecule has 2 aliphatic rings. The maximum atomic E-state index is 13.9. The van der Waals surface area contributed by atoms with Gasteiger partial charge in [0, 0.05) is 22.7 Å². The molecule has 1 saturated heterocycles. The highest BCUT2D eigenvalue weighted by molar-refractivity contribution is 6.22. The Hall–Kier alpha value is -4.76. The van der Waals surface area contributed by atoms with Crippen LogP contribution in [-0.2, 0) is 9.59 Å². The first-order chi connectivity index (χ1) is 22.8. The molecular weight excluding hydrogens is 592 g/mol. The fraction of sp³-hybridized carbons (Fsp3) is 0.282. The number of rotatable bonds is 11. The fourth-order valence-electron chi connectivity index (χ4n) is 7.22. The summed E-state index contributed by atoms with van der Waals surface area (Å²) in [5, 5.41) is 47.8. The molecule has 4 aromatic carbocycles. The molecule has 1 aliphatic heterocycles. The van der Waals surface area contributed by atoms with Gasteiger partial charge in [0.25, 0.3) is 0 Å². The lowest BCUT2D eigenvalue weighted by atomic mass is 9.68. The summed E-state index contributed by atoms with van der Waals surface area (Å²) in [5.41, 5.74) is 5.18. The maximum absolute atomic E-state index is 13.9. The molecule has 0 saturated carbocycles. The van der Waals surface area contributed by atoms with Crippen LogP contribution in [0.3, 0.4) is 0 Å². The highest BCUT2D eigenvalue weighted by atomic mass is 16.3. The third kappa shape index (κ3) is 6.32. The van der Waals surface area contributed by atoms with Crippen LogP contribution in [0.1, 0.15) is 38.2 Å². The lowest BCUT2D eigenvalue weighted by Gasteiger charge is -2.36. The molecule has 6 rings (SSSR count). The average molecular weight is 633 g/mol. The van der Waals surface area contributed by atoms with Gasteiger partial charge in [0.1, 0.15) is 5.75 Å². The normalized spacial score (nSPS) is 20.6. The number of para-hydroxylation sites is 1. The van der Waals surface area contributed by atoms with Crippen molar-refractivity contribution in [2.45, 2.75) is 38.7 Å². The molecule has 8 nitrogen and oxygen atoms in total. The van der Waals surface area contributed by atoms with E-state index in [1.807, 2.05) is 67.6 Å². The van der Waals surface area contributed by atoms with Gasteiger partial charge in [-0.25, -0.2) is 0 Å². The van der Waals surface area contributed by atoms with Crippen molar-refractivity contribution in [1.29, 1.82) is 0 Å². The quantitative estimate of drug-likeness (QED) is 0.0965. The summed E-state index contributed by atoms with van der Waals surface area (Å²) in [7, 11) is 0. The van der Waals surface area contributed by atoms with Crippen LogP contribution in [-0.4, -0.2) is 51.6 Å². The summed E-state index contributed by atoms with van der Waals surface area (Å²) in [4.78, 5) is 28.8. The number of benzene rings is 4. The number of aromatic hydroxyl groups is 1. The molecule has 1 heterocycles. The minimum atomic E-state index is -1.01. The number of aliphatic hydroxyl groups excluding tert-OH is 3. The first-order valence-corrected chi connectivity index (χ1v) is 16.2. The van der Waals surface area contributed by atoms with E-state index in [9.17, 15) is 30.0 Å². The predicted octanol–water partition coefficient (Wildman–Crippen LogP) is 6.33. The maximum Gasteiger partial charge on any atom is 0.238 e. The summed E-state index contributed by atoms with van der Waals surface area (Å²) in [5.74, 6) is -2.90. The predicted molar refractivity (Wildman–Crippen MR) is 184 cm³/mol. The van der Waals surface area contributed by atoms with Gasteiger partial charge in [-0.15, -0.1) is 0 Å². The molecule has 5 N–H and O–H groups in total. The van der Waals surface area contributed by atoms with Gasteiger partial charge in [0.15, 0.2) is 0 Å². The van der Waals surface area contributed by atoms with E-state index in [0.717, 1.165) is 39.7 Å². The highest BCUT2D eigenvalue weighted by Crippen LogP contribution is 2.47. The lowest BCUT2D eigenvalue weighted by Crippen LogP contribution is -2.39. The third-order valence-corrected chi connectivity index (χ3v) is 9.61. The number of imide groups is 1. The topological polar surface area (TPSA) is 130 Å². The van der Waals surface area contributed by atoms with Crippen molar-refractivity contribution in [2.24, 2.45) is 17.8 Å². The number of nitrogens with one attached hydrogen (secondary N) is 1. The van der Waals surface area contributed by atoms with Gasteiger partial charge in [-0.1, -0.05) is 67.1 Å². The molecule has 1 aliphatic carbocycles. The van der Waals surface area contributed by atoms with E-state index in [4.69, 9.17) is 0 Å². The van der Waals surface area contributed by atoms with E-state index >= 15 is 0 Å². The SMILES string of the molecule is CC/C(=C\c1ccc(O)c2ccccc12)CC[C@@H](O)C1=C(CO)C[C@H]2C(=O)N(c3ccc(Nc4ccccc4)cc3)C(=O)[C@H]2[C@H]1CO. The van der Waals surface area contributed by atoms with Crippen LogP contribution in [0, 0.1) is 17.8 Å². The number of phenolic OH excluding ortho intramolecular Hbond substituents is 1. The summed E-state index contributed by atoms with van der Waals surface area (Å²) < 4.78 is 0. The molecule has 0 spiro atoms.